The van der Waals surface area contributed by atoms with Crippen molar-refractivity contribution in [3.05, 3.63) is 23.8 Å². The van der Waals surface area contributed by atoms with Crippen molar-refractivity contribution in [1.82, 2.24) is 0 Å². The zero-order valence-corrected chi connectivity index (χ0v) is 10.2. The zero-order chi connectivity index (χ0) is 14.0. The van der Waals surface area contributed by atoms with E-state index < -0.39 is 17.9 Å². The van der Waals surface area contributed by atoms with Crippen LogP contribution in [0.25, 0.3) is 0 Å². The summed E-state index contributed by atoms with van der Waals surface area (Å²) in [5.74, 6) is -1.61. The van der Waals surface area contributed by atoms with Crippen LogP contribution >= 0.6 is 0 Å². The molecule has 1 aliphatic heterocycles. The van der Waals surface area contributed by atoms with Crippen LogP contribution in [0.1, 0.15) is 10.4 Å². The number of hydrogen-bond acceptors (Lipinski definition) is 5. The number of morpholine rings is 1. The molecule has 1 aliphatic rings. The molecule has 1 saturated heterocycles. The summed E-state index contributed by atoms with van der Waals surface area (Å²) >= 11 is 0. The van der Waals surface area contributed by atoms with Crippen molar-refractivity contribution in [3.8, 4) is 0 Å². The third-order valence-corrected chi connectivity index (χ3v) is 3.06. The van der Waals surface area contributed by atoms with E-state index in [1.54, 1.807) is 11.0 Å². The Kier molecular flexibility index (Phi) is 3.57. The molecule has 5 N–H and O–H groups in total. The Morgan fingerprint density at radius 3 is 2.79 bits per heavy atom. The van der Waals surface area contributed by atoms with E-state index in [0.717, 1.165) is 0 Å². The van der Waals surface area contributed by atoms with Crippen LogP contribution in [-0.2, 0) is 9.53 Å². The maximum Gasteiger partial charge on any atom is 0.337 e. The monoisotopic (exact) mass is 265 g/mol. The van der Waals surface area contributed by atoms with Gasteiger partial charge in [-0.15, -0.1) is 0 Å². The number of nitrogen functional groups attached to an aromatic ring is 1. The maximum atomic E-state index is 11.4. The molecule has 1 amide bonds. The summed E-state index contributed by atoms with van der Waals surface area (Å²) in [5, 5.41) is 9.05. The molecule has 1 atom stereocenters. The molecule has 1 aromatic carbocycles. The fourth-order valence-corrected chi connectivity index (χ4v) is 2.06. The normalized spacial score (nSPS) is 19.2. The van der Waals surface area contributed by atoms with Crippen molar-refractivity contribution in [3.63, 3.8) is 0 Å². The van der Waals surface area contributed by atoms with E-state index in [-0.39, 0.29) is 17.9 Å². The number of aromatic carboxylic acids is 1. The van der Waals surface area contributed by atoms with Crippen LogP contribution in [0, 0.1) is 0 Å². The van der Waals surface area contributed by atoms with E-state index in [1.165, 1.54) is 12.1 Å². The highest BCUT2D eigenvalue weighted by atomic mass is 16.5. The van der Waals surface area contributed by atoms with Crippen molar-refractivity contribution in [2.75, 3.05) is 30.4 Å². The Labute approximate surface area is 109 Å². The lowest BCUT2D eigenvalue weighted by atomic mass is 10.1. The second-order valence-electron chi connectivity index (χ2n) is 4.26. The maximum absolute atomic E-state index is 11.4. The first-order valence-electron chi connectivity index (χ1n) is 5.77. The molecule has 7 nitrogen and oxygen atoms in total. The van der Waals surface area contributed by atoms with Gasteiger partial charge in [-0.3, -0.25) is 4.79 Å². The quantitative estimate of drug-likeness (QED) is 0.643. The first kappa shape index (κ1) is 13.2. The van der Waals surface area contributed by atoms with E-state index in [9.17, 15) is 9.59 Å². The van der Waals surface area contributed by atoms with Gasteiger partial charge in [-0.05, 0) is 18.2 Å². The molecule has 0 saturated carbocycles. The van der Waals surface area contributed by atoms with E-state index in [0.29, 0.717) is 18.8 Å². The molecule has 1 fully saturated rings. The second-order valence-corrected chi connectivity index (χ2v) is 4.26. The molecule has 0 radical (unpaired) electrons. The van der Waals surface area contributed by atoms with Gasteiger partial charge in [0.05, 0.1) is 18.8 Å². The van der Waals surface area contributed by atoms with Crippen LogP contribution in [-0.4, -0.2) is 42.8 Å². The molecule has 1 aromatic rings. The van der Waals surface area contributed by atoms with Gasteiger partial charge >= 0.3 is 5.97 Å². The lowest BCUT2D eigenvalue weighted by Gasteiger charge is -2.35. The van der Waals surface area contributed by atoms with Gasteiger partial charge in [-0.25, -0.2) is 4.79 Å². The predicted molar refractivity (Wildman–Crippen MR) is 69.0 cm³/mol. The minimum atomic E-state index is -1.11. The molecular formula is C12H15N3O4. The third-order valence-electron chi connectivity index (χ3n) is 3.06. The van der Waals surface area contributed by atoms with Crippen molar-refractivity contribution in [1.29, 1.82) is 0 Å². The fraction of sp³-hybridized carbons (Fsp3) is 0.333. The number of nitrogens with zero attached hydrogens (tertiary/aromatic N) is 1. The van der Waals surface area contributed by atoms with Crippen molar-refractivity contribution in [2.45, 2.75) is 6.04 Å². The number of carboxylic acids is 1. The zero-order valence-electron chi connectivity index (χ0n) is 10.2. The standard InChI is InChI=1S/C12H15N3O4/c13-9-2-1-7(5-8(9)12(17)18)15-3-4-19-6-10(15)11(14)16/h1-2,5,10H,3-4,6,13H2,(H2,14,16)(H,17,18). The first-order valence-corrected chi connectivity index (χ1v) is 5.77. The average molecular weight is 265 g/mol. The van der Waals surface area contributed by atoms with Crippen molar-refractivity contribution in [2.24, 2.45) is 5.73 Å². The van der Waals surface area contributed by atoms with Crippen LogP contribution in [0.5, 0.6) is 0 Å². The van der Waals surface area contributed by atoms with Gasteiger partial charge in [0.15, 0.2) is 0 Å². The van der Waals surface area contributed by atoms with E-state index in [2.05, 4.69) is 0 Å². The number of rotatable bonds is 3. The van der Waals surface area contributed by atoms with Crippen LogP contribution in [0.4, 0.5) is 11.4 Å². The smallest absolute Gasteiger partial charge is 0.337 e. The number of carbonyl (C=O) groups is 2. The molecule has 0 aliphatic carbocycles. The highest BCUT2D eigenvalue weighted by Gasteiger charge is 2.28. The molecule has 7 heteroatoms. The van der Waals surface area contributed by atoms with Crippen molar-refractivity contribution >= 4 is 23.3 Å². The summed E-state index contributed by atoms with van der Waals surface area (Å²) < 4.78 is 5.21. The van der Waals surface area contributed by atoms with Crippen molar-refractivity contribution < 1.29 is 19.4 Å². The summed E-state index contributed by atoms with van der Waals surface area (Å²) in [6, 6.07) is 4.02. The molecule has 0 bridgehead atoms. The number of primary amides is 1. The van der Waals surface area contributed by atoms with Gasteiger partial charge in [0, 0.05) is 17.9 Å². The molecule has 2 rings (SSSR count). The Balaban J connectivity index is 2.36. The summed E-state index contributed by atoms with van der Waals surface area (Å²) in [4.78, 5) is 24.2. The topological polar surface area (TPSA) is 119 Å². The van der Waals surface area contributed by atoms with Gasteiger partial charge in [-0.2, -0.15) is 0 Å². The van der Waals surface area contributed by atoms with E-state index in [4.69, 9.17) is 21.3 Å². The molecule has 102 valence electrons. The minimum Gasteiger partial charge on any atom is -0.478 e. The number of carbonyl (C=O) groups excluding carboxylic acids is 1. The molecular weight excluding hydrogens is 250 g/mol. The van der Waals surface area contributed by atoms with E-state index >= 15 is 0 Å². The third kappa shape index (κ3) is 2.60. The molecule has 0 spiro atoms. The number of carboxylic acid groups (broad SMARTS) is 1. The SMILES string of the molecule is NC(=O)C1COCCN1c1ccc(N)c(C(=O)O)c1. The molecule has 19 heavy (non-hydrogen) atoms. The Morgan fingerprint density at radius 1 is 1.42 bits per heavy atom. The number of nitrogens with two attached hydrogens (primary N) is 2. The lowest BCUT2D eigenvalue weighted by Crippen LogP contribution is -2.52. The summed E-state index contributed by atoms with van der Waals surface area (Å²) in [5.41, 5.74) is 11.7. The Morgan fingerprint density at radius 2 is 2.16 bits per heavy atom. The number of hydrogen-bond donors (Lipinski definition) is 3. The minimum absolute atomic E-state index is 0.00668. The van der Waals surface area contributed by atoms with Crippen LogP contribution < -0.4 is 16.4 Å². The van der Waals surface area contributed by atoms with Gasteiger partial charge < -0.3 is 26.2 Å². The van der Waals surface area contributed by atoms with Gasteiger partial charge in [0.25, 0.3) is 0 Å². The fourth-order valence-electron chi connectivity index (χ4n) is 2.06. The number of amides is 1. The van der Waals surface area contributed by atoms with Gasteiger partial charge in [0.2, 0.25) is 5.91 Å². The second kappa shape index (κ2) is 5.15. The number of ether oxygens (including phenoxy) is 1. The highest BCUT2D eigenvalue weighted by Crippen LogP contribution is 2.24. The Hall–Kier alpha value is -2.28. The summed E-state index contributed by atoms with van der Waals surface area (Å²) in [6.07, 6.45) is 0. The first-order chi connectivity index (χ1) is 9.00. The van der Waals surface area contributed by atoms with Crippen LogP contribution in [0.3, 0.4) is 0 Å². The van der Waals surface area contributed by atoms with Crippen LogP contribution in [0.15, 0.2) is 18.2 Å². The van der Waals surface area contributed by atoms with E-state index in [1.807, 2.05) is 0 Å². The highest BCUT2D eigenvalue weighted by molar-refractivity contribution is 5.95. The van der Waals surface area contributed by atoms with Gasteiger partial charge in [0.1, 0.15) is 6.04 Å². The summed E-state index contributed by atoms with van der Waals surface area (Å²) in [6.45, 7) is 1.12. The lowest BCUT2D eigenvalue weighted by molar-refractivity contribution is -0.121. The number of benzene rings is 1. The van der Waals surface area contributed by atoms with Crippen LogP contribution in [0.2, 0.25) is 0 Å². The molecule has 0 aromatic heterocycles. The Bertz CT molecular complexity index is 518. The average Bonchev–Trinajstić information content (AvgIpc) is 2.39. The largest absolute Gasteiger partial charge is 0.478 e. The molecule has 1 heterocycles. The van der Waals surface area contributed by atoms with Gasteiger partial charge in [-0.1, -0.05) is 0 Å². The number of anilines is 2. The predicted octanol–water partition coefficient (Wildman–Crippen LogP) is -0.342. The molecule has 1 unspecified atom stereocenters. The summed E-state index contributed by atoms with van der Waals surface area (Å²) in [7, 11) is 0.